The molecule has 2 heterocycles. The van der Waals surface area contributed by atoms with Gasteiger partial charge >= 0.3 is 11.9 Å². The highest BCUT2D eigenvalue weighted by Gasteiger charge is 2.41. The molecule has 0 aliphatic carbocycles. The molecular formula is C52H78O10Si2. The van der Waals surface area contributed by atoms with Crippen LogP contribution in [0, 0.1) is 20.8 Å². The maximum absolute atomic E-state index is 12.9. The van der Waals surface area contributed by atoms with Crippen LogP contribution in [0.3, 0.4) is 0 Å². The molecule has 0 spiro atoms. The molecule has 64 heavy (non-hydrogen) atoms. The van der Waals surface area contributed by atoms with Gasteiger partial charge in [0, 0.05) is 16.1 Å². The highest BCUT2D eigenvalue weighted by atomic mass is 28.3. The average molecular weight is 919 g/mol. The minimum absolute atomic E-state index is 0.0493. The van der Waals surface area contributed by atoms with E-state index in [4.69, 9.17) is 33.2 Å². The topological polar surface area (TPSA) is 119 Å². The molecule has 0 aromatic heterocycles. The lowest BCUT2D eigenvalue weighted by molar-refractivity contribution is -0.151. The molecule has 3 aromatic carbocycles. The quantitative estimate of drug-likeness (QED) is 0.0867. The molecule has 2 aliphatic rings. The van der Waals surface area contributed by atoms with Gasteiger partial charge < -0.3 is 38.3 Å². The van der Waals surface area contributed by atoms with Gasteiger partial charge in [0.25, 0.3) is 0 Å². The lowest BCUT2D eigenvalue weighted by Crippen LogP contribution is -2.27. The minimum Gasteiger partial charge on any atom is -0.462 e. The number of aryl methyl sites for hydroxylation is 4. The second kappa shape index (κ2) is 23.8. The number of carbonyl (C=O) groups is 2. The van der Waals surface area contributed by atoms with E-state index in [1.807, 2.05) is 108 Å². The Labute approximate surface area is 386 Å². The predicted molar refractivity (Wildman–Crippen MR) is 261 cm³/mol. The van der Waals surface area contributed by atoms with Gasteiger partial charge in [0.05, 0.1) is 56.4 Å². The maximum atomic E-state index is 12.9. The molecule has 0 amide bonds. The molecule has 2 saturated heterocycles. The Morgan fingerprint density at radius 1 is 0.703 bits per heavy atom. The third kappa shape index (κ3) is 17.7. The van der Waals surface area contributed by atoms with E-state index in [1.165, 1.54) is 0 Å². The van der Waals surface area contributed by atoms with E-state index in [0.29, 0.717) is 44.0 Å². The van der Waals surface area contributed by atoms with Crippen molar-refractivity contribution in [2.24, 2.45) is 0 Å². The summed E-state index contributed by atoms with van der Waals surface area (Å²) in [6.45, 7) is 29.1. The van der Waals surface area contributed by atoms with E-state index in [2.05, 4.69) is 52.3 Å². The third-order valence-electron chi connectivity index (χ3n) is 11.2. The first kappa shape index (κ1) is 53.2. The highest BCUT2D eigenvalue weighted by Crippen LogP contribution is 2.33. The van der Waals surface area contributed by atoms with Crippen LogP contribution in [0.15, 0.2) is 66.7 Å². The summed E-state index contributed by atoms with van der Waals surface area (Å²) in [4.78, 5) is 25.7. The zero-order valence-corrected chi connectivity index (χ0v) is 43.1. The van der Waals surface area contributed by atoms with Gasteiger partial charge in [-0.25, -0.2) is 9.59 Å². The van der Waals surface area contributed by atoms with Crippen LogP contribution in [-0.4, -0.2) is 95.6 Å². The third-order valence-corrected chi connectivity index (χ3v) is 14.6. The summed E-state index contributed by atoms with van der Waals surface area (Å²) in [6.07, 6.45) is 6.34. The van der Waals surface area contributed by atoms with Crippen molar-refractivity contribution in [3.8, 4) is 0 Å². The molecule has 0 bridgehead atoms. The molecule has 1 N–H and O–H groups in total. The maximum Gasteiger partial charge on any atom is 0.338 e. The van der Waals surface area contributed by atoms with Gasteiger partial charge in [0.2, 0.25) is 0 Å². The normalized spacial score (nSPS) is 20.5. The lowest BCUT2D eigenvalue weighted by atomic mass is 9.94. The molecule has 3 aromatic rings. The Hall–Kier alpha value is -3.47. The van der Waals surface area contributed by atoms with Crippen LogP contribution in [-0.2, 0) is 46.2 Å². The number of hydrogen-bond acceptors (Lipinski definition) is 10. The number of aliphatic hydroxyl groups excluding tert-OH is 1. The van der Waals surface area contributed by atoms with E-state index in [-0.39, 0.29) is 43.0 Å². The fourth-order valence-corrected chi connectivity index (χ4v) is 9.37. The van der Waals surface area contributed by atoms with E-state index in [9.17, 15) is 14.7 Å². The first-order valence-electron chi connectivity index (χ1n) is 23.1. The molecule has 2 fully saturated rings. The number of rotatable bonds is 20. The predicted octanol–water partition coefficient (Wildman–Crippen LogP) is 11.3. The molecule has 4 atom stereocenters. The zero-order chi connectivity index (χ0) is 47.3. The molecule has 12 heteroatoms. The van der Waals surface area contributed by atoms with Crippen molar-refractivity contribution in [2.75, 3.05) is 26.4 Å². The fourth-order valence-electron chi connectivity index (χ4n) is 7.95. The van der Waals surface area contributed by atoms with E-state index in [0.717, 1.165) is 64.7 Å². The number of ether oxygens (including phenoxy) is 7. The van der Waals surface area contributed by atoms with Gasteiger partial charge in [-0.2, -0.15) is 0 Å². The molecule has 10 nitrogen and oxygen atoms in total. The monoisotopic (exact) mass is 919 g/mol. The van der Waals surface area contributed by atoms with Gasteiger partial charge in [-0.1, -0.05) is 118 Å². The highest BCUT2D eigenvalue weighted by molar-refractivity contribution is 6.76. The Balaban J connectivity index is 0.000000286. The van der Waals surface area contributed by atoms with Gasteiger partial charge in [0.1, 0.15) is 12.2 Å². The molecular weight excluding hydrogens is 841 g/mol. The van der Waals surface area contributed by atoms with Crippen LogP contribution < -0.4 is 0 Å². The van der Waals surface area contributed by atoms with Crippen LogP contribution in [0.1, 0.15) is 101 Å². The standard InChI is InChI=1S/C29H40O5Si.C23H38O5Si/c1-22-12-10-15-24(27(22)28(30)32-18-19-35(4,5)6)16-11-17-25-26(34-29(2,3)33-25)21-31-20-23-13-8-7-9-14-23;1-16-13-17(2)21(22(25)26-11-12-29(5,6)7)18(14-16)9-8-10-19-20(15-24)28-23(3,4)27-19/h7-16,25-26H,17-21H2,1-6H3;13-14,19-20,24H,8-12,15H2,1-7H3/b16-11+;/t25-,26?;19-,20?/m00/s1. The van der Waals surface area contributed by atoms with E-state index < -0.39 is 27.7 Å². The number of esters is 2. The number of aliphatic hydroxyl groups is 1. The van der Waals surface area contributed by atoms with Gasteiger partial charge in [0.15, 0.2) is 11.6 Å². The van der Waals surface area contributed by atoms with Crippen molar-refractivity contribution in [3.63, 3.8) is 0 Å². The largest absolute Gasteiger partial charge is 0.462 e. The molecule has 0 radical (unpaired) electrons. The summed E-state index contributed by atoms with van der Waals surface area (Å²) in [5.41, 5.74) is 7.38. The lowest BCUT2D eigenvalue weighted by Gasteiger charge is -2.18. The Kier molecular flexibility index (Phi) is 19.8. The second-order valence-corrected chi connectivity index (χ2v) is 31.9. The summed E-state index contributed by atoms with van der Waals surface area (Å²) in [5.74, 6) is -1.79. The zero-order valence-electron chi connectivity index (χ0n) is 41.1. The molecule has 354 valence electrons. The van der Waals surface area contributed by atoms with Gasteiger partial charge in [-0.15, -0.1) is 0 Å². The first-order valence-corrected chi connectivity index (χ1v) is 30.5. The van der Waals surface area contributed by atoms with Crippen molar-refractivity contribution in [1.29, 1.82) is 0 Å². The SMILES string of the molecule is Cc1cc(C)c(C(=O)OCC[Si](C)(C)C)c(CCC[C@@H]2OC(C)(C)OC2CO)c1.Cc1cccc(/C=C/C[C@@H]2OC(C)(C)OC2COCc2ccccc2)c1C(=O)OCC[Si](C)(C)C. The summed E-state index contributed by atoms with van der Waals surface area (Å²) in [6, 6.07) is 22.0. The summed E-state index contributed by atoms with van der Waals surface area (Å²) < 4.78 is 41.1. The molecule has 2 unspecified atom stereocenters. The van der Waals surface area contributed by atoms with Crippen molar-refractivity contribution in [3.05, 3.63) is 111 Å². The van der Waals surface area contributed by atoms with Crippen LogP contribution in [0.2, 0.25) is 51.4 Å². The first-order chi connectivity index (χ1) is 30.0. The minimum atomic E-state index is -1.26. The van der Waals surface area contributed by atoms with Gasteiger partial charge in [-0.3, -0.25) is 0 Å². The Morgan fingerprint density at radius 2 is 1.28 bits per heavy atom. The number of carbonyl (C=O) groups excluding carboxylic acids is 2. The number of benzene rings is 3. The molecule has 5 rings (SSSR count). The fraction of sp³-hybridized carbons (Fsp3) is 0.577. The summed E-state index contributed by atoms with van der Waals surface area (Å²) in [5, 5.41) is 9.55. The number of hydrogen-bond donors (Lipinski definition) is 1. The summed E-state index contributed by atoms with van der Waals surface area (Å²) >= 11 is 0. The van der Waals surface area contributed by atoms with E-state index >= 15 is 0 Å². The van der Waals surface area contributed by atoms with Crippen LogP contribution in [0.5, 0.6) is 0 Å². The molecule has 0 saturated carbocycles. The average Bonchev–Trinajstić information content (AvgIpc) is 3.65. The van der Waals surface area contributed by atoms with Crippen LogP contribution in [0.4, 0.5) is 0 Å². The van der Waals surface area contributed by atoms with Crippen molar-refractivity contribution < 1.29 is 47.9 Å². The van der Waals surface area contributed by atoms with Crippen molar-refractivity contribution in [2.45, 2.75) is 168 Å². The van der Waals surface area contributed by atoms with Crippen molar-refractivity contribution in [1.82, 2.24) is 0 Å². The second-order valence-electron chi connectivity index (χ2n) is 20.7. The van der Waals surface area contributed by atoms with E-state index in [1.54, 1.807) is 0 Å². The van der Waals surface area contributed by atoms with Gasteiger partial charge in [-0.05, 0) is 114 Å². The Bertz CT molecular complexity index is 1980. The Morgan fingerprint density at radius 3 is 1.89 bits per heavy atom. The van der Waals surface area contributed by atoms with Crippen LogP contribution >= 0.6 is 0 Å². The van der Waals surface area contributed by atoms with Crippen molar-refractivity contribution >= 4 is 34.2 Å². The smallest absolute Gasteiger partial charge is 0.338 e. The molecule has 2 aliphatic heterocycles. The van der Waals surface area contributed by atoms with Crippen LogP contribution in [0.25, 0.3) is 6.08 Å². The summed E-state index contributed by atoms with van der Waals surface area (Å²) in [7, 11) is -2.51.